The van der Waals surface area contributed by atoms with E-state index in [2.05, 4.69) is 27.8 Å². The van der Waals surface area contributed by atoms with Crippen LogP contribution >= 0.6 is 11.8 Å². The van der Waals surface area contributed by atoms with E-state index in [9.17, 15) is 4.39 Å². The van der Waals surface area contributed by atoms with Gasteiger partial charge in [-0.05, 0) is 56.1 Å². The summed E-state index contributed by atoms with van der Waals surface area (Å²) in [5, 5.41) is 18.3. The van der Waals surface area contributed by atoms with Crippen LogP contribution in [0.4, 0.5) is 4.39 Å². The van der Waals surface area contributed by atoms with Gasteiger partial charge in [0.1, 0.15) is 6.61 Å². The minimum Gasteiger partial charge on any atom is -0.483 e. The number of aromatic nitrogens is 3. The minimum absolute atomic E-state index is 0.159. The summed E-state index contributed by atoms with van der Waals surface area (Å²) in [7, 11) is 0. The molecule has 4 rings (SSSR count). The van der Waals surface area contributed by atoms with Crippen molar-refractivity contribution < 1.29 is 9.13 Å². The summed E-state index contributed by atoms with van der Waals surface area (Å²) >= 11 is 1.40. The number of rotatable bonds is 7. The molecule has 1 heterocycles. The van der Waals surface area contributed by atoms with Gasteiger partial charge in [0, 0.05) is 6.04 Å². The summed E-state index contributed by atoms with van der Waals surface area (Å²) in [5.41, 5.74) is 0. The van der Waals surface area contributed by atoms with Gasteiger partial charge in [0.15, 0.2) is 22.5 Å². The Kier molecular flexibility index (Phi) is 5.35. The number of hydrogen-bond donors (Lipinski definition) is 0. The zero-order valence-electron chi connectivity index (χ0n) is 15.3. The number of nitrogens with zero attached hydrogens (tertiary/aromatic N) is 4. The normalized spacial score (nSPS) is 24.7. The van der Waals surface area contributed by atoms with Crippen molar-refractivity contribution in [2.45, 2.75) is 50.4 Å². The van der Waals surface area contributed by atoms with Crippen molar-refractivity contribution >= 4 is 11.8 Å². The molecule has 2 aliphatic rings. The molecule has 0 spiro atoms. The molecule has 2 fully saturated rings. The molecule has 0 unspecified atom stereocenters. The van der Waals surface area contributed by atoms with Crippen LogP contribution in [0.1, 0.15) is 44.5 Å². The van der Waals surface area contributed by atoms with E-state index in [1.807, 2.05) is 0 Å². The van der Waals surface area contributed by atoms with Crippen LogP contribution in [0.2, 0.25) is 0 Å². The Hall–Kier alpha value is -2.07. The summed E-state index contributed by atoms with van der Waals surface area (Å²) < 4.78 is 21.7. The maximum atomic E-state index is 13.9. The van der Waals surface area contributed by atoms with Crippen LogP contribution in [0.5, 0.6) is 5.75 Å². The van der Waals surface area contributed by atoms with E-state index >= 15 is 0 Å². The second kappa shape index (κ2) is 7.89. The Bertz CT molecular complexity index is 849. The molecule has 2 saturated carbocycles. The van der Waals surface area contributed by atoms with Crippen molar-refractivity contribution in [1.82, 2.24) is 14.8 Å². The number of ether oxygens (including phenoxy) is 1. The molecule has 1 aromatic heterocycles. The van der Waals surface area contributed by atoms with Crippen molar-refractivity contribution in [1.29, 1.82) is 5.26 Å². The fourth-order valence-electron chi connectivity index (χ4n) is 4.79. The third-order valence-electron chi connectivity index (χ3n) is 6.01. The van der Waals surface area contributed by atoms with E-state index in [-0.39, 0.29) is 24.2 Å². The van der Waals surface area contributed by atoms with Gasteiger partial charge in [-0.15, -0.1) is 10.2 Å². The number of halogens is 1. The highest BCUT2D eigenvalue weighted by molar-refractivity contribution is 7.99. The highest BCUT2D eigenvalue weighted by Gasteiger charge is 2.43. The van der Waals surface area contributed by atoms with Crippen molar-refractivity contribution in [3.05, 3.63) is 35.9 Å². The standard InChI is InChI=1S/C20H23FN4OS/c1-13(16-11-14-6-7-15(16)10-14)25-19(23-24-20(25)27-9-8-22)12-26-18-5-3-2-4-17(18)21/h2-5,13-16H,6-7,9-12H2,1H3/t13-,14-,15-,16-/m0/s1. The van der Waals surface area contributed by atoms with E-state index in [0.717, 1.165) is 17.0 Å². The fraction of sp³-hybridized carbons (Fsp3) is 0.550. The Morgan fingerprint density at radius 3 is 2.89 bits per heavy atom. The Labute approximate surface area is 162 Å². The predicted molar refractivity (Wildman–Crippen MR) is 101 cm³/mol. The second-order valence-electron chi connectivity index (χ2n) is 7.51. The molecule has 0 radical (unpaired) electrons. The van der Waals surface area contributed by atoms with Crippen LogP contribution in [-0.2, 0) is 6.61 Å². The quantitative estimate of drug-likeness (QED) is 0.650. The van der Waals surface area contributed by atoms with Crippen LogP contribution in [0.3, 0.4) is 0 Å². The third-order valence-corrected chi connectivity index (χ3v) is 6.82. The number of benzene rings is 1. The molecule has 0 saturated heterocycles. The van der Waals surface area contributed by atoms with Gasteiger partial charge in [0.05, 0.1) is 11.8 Å². The number of hydrogen-bond acceptors (Lipinski definition) is 5. The van der Waals surface area contributed by atoms with Gasteiger partial charge in [0.2, 0.25) is 0 Å². The second-order valence-corrected chi connectivity index (χ2v) is 8.46. The first-order chi connectivity index (χ1) is 13.2. The van der Waals surface area contributed by atoms with E-state index < -0.39 is 0 Å². The molecule has 0 amide bonds. The highest BCUT2D eigenvalue weighted by Crippen LogP contribution is 2.52. The van der Waals surface area contributed by atoms with Crippen LogP contribution < -0.4 is 4.74 Å². The molecule has 0 aliphatic heterocycles. The molecule has 1 aromatic carbocycles. The van der Waals surface area contributed by atoms with Crippen LogP contribution in [0, 0.1) is 34.9 Å². The lowest BCUT2D eigenvalue weighted by atomic mass is 9.84. The van der Waals surface area contributed by atoms with Gasteiger partial charge in [0.25, 0.3) is 0 Å². The first-order valence-corrected chi connectivity index (χ1v) is 10.5. The molecule has 0 N–H and O–H groups in total. The zero-order valence-corrected chi connectivity index (χ0v) is 16.2. The maximum Gasteiger partial charge on any atom is 0.192 e. The van der Waals surface area contributed by atoms with Gasteiger partial charge in [-0.3, -0.25) is 4.57 Å². The SMILES string of the molecule is C[C@@H]([C@@H]1C[C@H]2CC[C@H]1C2)n1c(COc2ccccc2F)nnc1SCC#N. The lowest BCUT2D eigenvalue weighted by Crippen LogP contribution is -2.24. The molecule has 2 bridgehead atoms. The predicted octanol–water partition coefficient (Wildman–Crippen LogP) is 4.61. The van der Waals surface area contributed by atoms with E-state index in [4.69, 9.17) is 10.00 Å². The van der Waals surface area contributed by atoms with Gasteiger partial charge in [-0.25, -0.2) is 4.39 Å². The van der Waals surface area contributed by atoms with Gasteiger partial charge in [-0.2, -0.15) is 5.26 Å². The fourth-order valence-corrected chi connectivity index (χ4v) is 5.49. The number of thioether (sulfide) groups is 1. The smallest absolute Gasteiger partial charge is 0.192 e. The van der Waals surface area contributed by atoms with Crippen molar-refractivity contribution in [2.24, 2.45) is 17.8 Å². The van der Waals surface area contributed by atoms with E-state index in [1.54, 1.807) is 18.2 Å². The van der Waals surface area contributed by atoms with Crippen LogP contribution in [0.25, 0.3) is 0 Å². The van der Waals surface area contributed by atoms with Crippen LogP contribution in [-0.4, -0.2) is 20.5 Å². The molecule has 2 aliphatic carbocycles. The minimum atomic E-state index is -0.385. The monoisotopic (exact) mass is 386 g/mol. The van der Waals surface area contributed by atoms with Gasteiger partial charge < -0.3 is 4.74 Å². The third kappa shape index (κ3) is 3.68. The topological polar surface area (TPSA) is 63.7 Å². The molecule has 7 heteroatoms. The highest BCUT2D eigenvalue weighted by atomic mass is 32.2. The molecule has 4 atom stereocenters. The van der Waals surface area contributed by atoms with Crippen molar-refractivity contribution in [3.63, 3.8) is 0 Å². The molecular weight excluding hydrogens is 363 g/mol. The average molecular weight is 386 g/mol. The first-order valence-electron chi connectivity index (χ1n) is 9.48. The van der Waals surface area contributed by atoms with E-state index in [0.29, 0.717) is 17.5 Å². The maximum absolute atomic E-state index is 13.9. The summed E-state index contributed by atoms with van der Waals surface area (Å²) in [4.78, 5) is 0. The first kappa shape index (κ1) is 18.3. The lowest BCUT2D eigenvalue weighted by Gasteiger charge is -2.30. The summed E-state index contributed by atoms with van der Waals surface area (Å²) in [5.74, 6) is 3.07. The Balaban J connectivity index is 1.56. The molecule has 142 valence electrons. The largest absolute Gasteiger partial charge is 0.483 e. The molecule has 27 heavy (non-hydrogen) atoms. The molecule has 5 nitrogen and oxygen atoms in total. The van der Waals surface area contributed by atoms with E-state index in [1.165, 1.54) is 43.5 Å². The van der Waals surface area contributed by atoms with Gasteiger partial charge >= 0.3 is 0 Å². The number of nitriles is 1. The summed E-state index contributed by atoms with van der Waals surface area (Å²) in [6.07, 6.45) is 5.25. The summed E-state index contributed by atoms with van der Waals surface area (Å²) in [6.45, 7) is 2.38. The average Bonchev–Trinajstić information content (AvgIpc) is 3.40. The zero-order chi connectivity index (χ0) is 18.8. The lowest BCUT2D eigenvalue weighted by molar-refractivity contribution is 0.215. The molecule has 2 aromatic rings. The molecular formula is C20H23FN4OS. The van der Waals surface area contributed by atoms with Crippen LogP contribution in [0.15, 0.2) is 29.4 Å². The van der Waals surface area contributed by atoms with Crippen molar-refractivity contribution in [3.8, 4) is 11.8 Å². The van der Waals surface area contributed by atoms with Crippen molar-refractivity contribution in [2.75, 3.05) is 5.75 Å². The number of fused-ring (bicyclic) bond motifs is 2. The summed E-state index contributed by atoms with van der Waals surface area (Å²) in [6, 6.07) is 8.78. The number of para-hydroxylation sites is 1. The Morgan fingerprint density at radius 1 is 1.33 bits per heavy atom. The Morgan fingerprint density at radius 2 is 2.19 bits per heavy atom. The van der Waals surface area contributed by atoms with Gasteiger partial charge in [-0.1, -0.05) is 30.3 Å².